The van der Waals surface area contributed by atoms with Crippen molar-refractivity contribution in [1.29, 1.82) is 0 Å². The van der Waals surface area contributed by atoms with Gasteiger partial charge in [-0.2, -0.15) is 0 Å². The zero-order chi connectivity index (χ0) is 13.8. The van der Waals surface area contributed by atoms with Gasteiger partial charge < -0.3 is 9.47 Å². The van der Waals surface area contributed by atoms with Crippen molar-refractivity contribution in [3.63, 3.8) is 0 Å². The second kappa shape index (κ2) is 6.20. The first kappa shape index (κ1) is 14.1. The van der Waals surface area contributed by atoms with E-state index in [0.29, 0.717) is 6.61 Å². The number of Topliss-reactive ketones (excluding diaryl/α,β-unsaturated/α-hetero) is 1. The number of hydrogen-bond acceptors (Lipinski definition) is 3. The Kier molecular flexibility index (Phi) is 4.59. The quantitative estimate of drug-likeness (QED) is 0.762. The molecule has 1 aliphatic rings. The molecule has 0 aliphatic carbocycles. The predicted octanol–water partition coefficient (Wildman–Crippen LogP) is 3.47. The van der Waals surface area contributed by atoms with Crippen LogP contribution in [0, 0.1) is 5.92 Å². The molecule has 1 aliphatic heterocycles. The summed E-state index contributed by atoms with van der Waals surface area (Å²) in [5.74, 6) is 0.936. The Hall–Kier alpha value is -1.35. The van der Waals surface area contributed by atoms with E-state index in [0.717, 1.165) is 24.2 Å². The van der Waals surface area contributed by atoms with Gasteiger partial charge in [-0.05, 0) is 38.8 Å². The van der Waals surface area contributed by atoms with Crippen molar-refractivity contribution in [2.24, 2.45) is 5.92 Å². The topological polar surface area (TPSA) is 35.5 Å². The van der Waals surface area contributed by atoms with Crippen LogP contribution in [0.15, 0.2) is 24.3 Å². The maximum atomic E-state index is 12.5. The molecule has 1 saturated heterocycles. The average molecular weight is 262 g/mol. The lowest BCUT2D eigenvalue weighted by molar-refractivity contribution is 0.0688. The summed E-state index contributed by atoms with van der Waals surface area (Å²) >= 11 is 0. The fraction of sp³-hybridized carbons (Fsp3) is 0.562. The van der Waals surface area contributed by atoms with Crippen molar-refractivity contribution < 1.29 is 14.3 Å². The van der Waals surface area contributed by atoms with Crippen LogP contribution in [0.1, 0.15) is 44.0 Å². The summed E-state index contributed by atoms with van der Waals surface area (Å²) in [6.07, 6.45) is 1.90. The molecule has 0 aromatic heterocycles. The van der Waals surface area contributed by atoms with Gasteiger partial charge in [-0.25, -0.2) is 0 Å². The Labute approximate surface area is 114 Å². The lowest BCUT2D eigenvalue weighted by Gasteiger charge is -2.16. The highest BCUT2D eigenvalue weighted by Crippen LogP contribution is 2.28. The summed E-state index contributed by atoms with van der Waals surface area (Å²) in [4.78, 5) is 12.5. The molecule has 2 unspecified atom stereocenters. The number of carbonyl (C=O) groups is 1. The van der Waals surface area contributed by atoms with Gasteiger partial charge >= 0.3 is 0 Å². The molecular weight excluding hydrogens is 240 g/mol. The van der Waals surface area contributed by atoms with Crippen LogP contribution in [0.25, 0.3) is 0 Å². The summed E-state index contributed by atoms with van der Waals surface area (Å²) in [5.41, 5.74) is 0.729. The highest BCUT2D eigenvalue weighted by molar-refractivity contribution is 5.98. The molecule has 1 aromatic rings. The molecule has 1 aromatic carbocycles. The van der Waals surface area contributed by atoms with Gasteiger partial charge in [0.15, 0.2) is 5.78 Å². The Morgan fingerprint density at radius 3 is 2.95 bits per heavy atom. The van der Waals surface area contributed by atoms with Crippen molar-refractivity contribution in [3.8, 4) is 5.75 Å². The third-order valence-corrected chi connectivity index (χ3v) is 3.44. The monoisotopic (exact) mass is 262 g/mol. The molecule has 3 heteroatoms. The standard InChI is InChI=1S/C16H22O3/c1-4-15-14(8-9-18-15)16(17)12-6-5-7-13(10-12)19-11(2)3/h5-7,10-11,14-15H,4,8-9H2,1-3H3. The van der Waals surface area contributed by atoms with Gasteiger partial charge in [0.2, 0.25) is 0 Å². The third-order valence-electron chi connectivity index (χ3n) is 3.44. The van der Waals surface area contributed by atoms with Crippen LogP contribution in [-0.2, 0) is 4.74 Å². The van der Waals surface area contributed by atoms with E-state index in [1.165, 1.54) is 0 Å². The first-order chi connectivity index (χ1) is 9.11. The van der Waals surface area contributed by atoms with Gasteiger partial charge in [-0.3, -0.25) is 4.79 Å². The highest BCUT2D eigenvalue weighted by atomic mass is 16.5. The molecule has 0 saturated carbocycles. The largest absolute Gasteiger partial charge is 0.491 e. The molecule has 1 fully saturated rings. The van der Waals surface area contributed by atoms with Crippen LogP contribution < -0.4 is 4.74 Å². The maximum Gasteiger partial charge on any atom is 0.168 e. The van der Waals surface area contributed by atoms with Gasteiger partial charge in [-0.1, -0.05) is 19.1 Å². The first-order valence-corrected chi connectivity index (χ1v) is 7.04. The number of rotatable bonds is 5. The highest BCUT2D eigenvalue weighted by Gasteiger charge is 2.33. The number of ether oxygens (including phenoxy) is 2. The van der Waals surface area contributed by atoms with Crippen molar-refractivity contribution in [2.75, 3.05) is 6.61 Å². The fourth-order valence-electron chi connectivity index (χ4n) is 2.56. The summed E-state index contributed by atoms with van der Waals surface area (Å²) in [6.45, 7) is 6.71. The van der Waals surface area contributed by atoms with Gasteiger partial charge in [0.05, 0.1) is 18.1 Å². The minimum Gasteiger partial charge on any atom is -0.491 e. The van der Waals surface area contributed by atoms with Crippen LogP contribution in [0.2, 0.25) is 0 Å². The normalized spacial score (nSPS) is 22.7. The van der Waals surface area contributed by atoms with Crippen LogP contribution in [0.3, 0.4) is 0 Å². The Balaban J connectivity index is 2.14. The van der Waals surface area contributed by atoms with Crippen LogP contribution in [0.5, 0.6) is 5.75 Å². The van der Waals surface area contributed by atoms with Crippen molar-refractivity contribution >= 4 is 5.78 Å². The van der Waals surface area contributed by atoms with Crippen molar-refractivity contribution in [1.82, 2.24) is 0 Å². The van der Waals surface area contributed by atoms with Crippen LogP contribution in [0.4, 0.5) is 0 Å². The number of hydrogen-bond donors (Lipinski definition) is 0. The second-order valence-corrected chi connectivity index (χ2v) is 5.27. The molecular formula is C16H22O3. The first-order valence-electron chi connectivity index (χ1n) is 7.04. The Morgan fingerprint density at radius 2 is 2.26 bits per heavy atom. The van der Waals surface area contributed by atoms with Crippen molar-refractivity contribution in [3.05, 3.63) is 29.8 Å². The predicted molar refractivity (Wildman–Crippen MR) is 74.7 cm³/mol. The Bertz CT molecular complexity index is 439. The van der Waals surface area contributed by atoms with Gasteiger partial charge in [0, 0.05) is 12.2 Å². The van der Waals surface area contributed by atoms with Crippen LogP contribution >= 0.6 is 0 Å². The van der Waals surface area contributed by atoms with Gasteiger partial charge in [-0.15, -0.1) is 0 Å². The number of ketones is 1. The lowest BCUT2D eigenvalue weighted by Crippen LogP contribution is -2.23. The molecule has 2 atom stereocenters. The molecule has 0 amide bonds. The molecule has 104 valence electrons. The van der Waals surface area contributed by atoms with E-state index in [4.69, 9.17) is 9.47 Å². The van der Waals surface area contributed by atoms with E-state index in [9.17, 15) is 4.79 Å². The summed E-state index contributed by atoms with van der Waals surface area (Å²) in [5, 5.41) is 0. The third kappa shape index (κ3) is 3.35. The molecule has 0 radical (unpaired) electrons. The van der Waals surface area contributed by atoms with Crippen molar-refractivity contribution in [2.45, 2.75) is 45.8 Å². The number of carbonyl (C=O) groups excluding carboxylic acids is 1. The zero-order valence-corrected chi connectivity index (χ0v) is 11.9. The van der Waals surface area contributed by atoms with Gasteiger partial charge in [0.1, 0.15) is 5.75 Å². The molecule has 0 bridgehead atoms. The number of benzene rings is 1. The summed E-state index contributed by atoms with van der Waals surface area (Å²) in [7, 11) is 0. The summed E-state index contributed by atoms with van der Waals surface area (Å²) < 4.78 is 11.2. The minimum absolute atomic E-state index is 0.000648. The van der Waals surface area contributed by atoms with E-state index in [-0.39, 0.29) is 23.9 Å². The minimum atomic E-state index is -0.000648. The van der Waals surface area contributed by atoms with E-state index >= 15 is 0 Å². The Morgan fingerprint density at radius 1 is 1.47 bits per heavy atom. The second-order valence-electron chi connectivity index (χ2n) is 5.27. The lowest BCUT2D eigenvalue weighted by atomic mass is 9.90. The molecule has 2 rings (SSSR count). The SMILES string of the molecule is CCC1OCCC1C(=O)c1cccc(OC(C)C)c1. The van der Waals surface area contributed by atoms with E-state index in [2.05, 4.69) is 6.92 Å². The molecule has 0 spiro atoms. The molecule has 0 N–H and O–H groups in total. The fourth-order valence-corrected chi connectivity index (χ4v) is 2.56. The van der Waals surface area contributed by atoms with Crippen LogP contribution in [-0.4, -0.2) is 24.6 Å². The van der Waals surface area contributed by atoms with E-state index in [1.807, 2.05) is 38.1 Å². The summed E-state index contributed by atoms with van der Waals surface area (Å²) in [6, 6.07) is 7.47. The van der Waals surface area contributed by atoms with Gasteiger partial charge in [0.25, 0.3) is 0 Å². The van der Waals surface area contributed by atoms with E-state index < -0.39 is 0 Å². The molecule has 1 heterocycles. The zero-order valence-electron chi connectivity index (χ0n) is 11.9. The molecule has 3 nitrogen and oxygen atoms in total. The smallest absolute Gasteiger partial charge is 0.168 e. The maximum absolute atomic E-state index is 12.5. The average Bonchev–Trinajstić information content (AvgIpc) is 2.85. The van der Waals surface area contributed by atoms with E-state index in [1.54, 1.807) is 0 Å². The molecule has 19 heavy (non-hydrogen) atoms.